The van der Waals surface area contributed by atoms with E-state index in [2.05, 4.69) is 4.98 Å². The molecule has 1 aliphatic rings. The van der Waals surface area contributed by atoms with Crippen LogP contribution in [-0.4, -0.2) is 30.3 Å². The highest BCUT2D eigenvalue weighted by atomic mass is 19.2. The predicted octanol–water partition coefficient (Wildman–Crippen LogP) is 2.90. The van der Waals surface area contributed by atoms with Crippen LogP contribution in [0.2, 0.25) is 0 Å². The SMILES string of the molecule is N[C@@H]1C[C@H](F)CN(c2ccc(-c3ccc(F)c(F)c3)nc2)C1. The molecule has 6 heteroatoms. The van der Waals surface area contributed by atoms with Gasteiger partial charge in [-0.3, -0.25) is 4.98 Å². The van der Waals surface area contributed by atoms with Crippen molar-refractivity contribution in [3.63, 3.8) is 0 Å². The third-order valence-electron chi connectivity index (χ3n) is 3.76. The van der Waals surface area contributed by atoms with Crippen LogP contribution in [0.1, 0.15) is 6.42 Å². The molecule has 0 bridgehead atoms. The second-order valence-corrected chi connectivity index (χ2v) is 5.53. The van der Waals surface area contributed by atoms with Crippen molar-refractivity contribution in [3.05, 3.63) is 48.2 Å². The summed E-state index contributed by atoms with van der Waals surface area (Å²) in [5, 5.41) is 0. The molecule has 3 nitrogen and oxygen atoms in total. The van der Waals surface area contributed by atoms with Gasteiger partial charge in [0, 0.05) is 24.7 Å². The van der Waals surface area contributed by atoms with Crippen molar-refractivity contribution in [1.82, 2.24) is 4.98 Å². The highest BCUT2D eigenvalue weighted by Gasteiger charge is 2.25. The molecule has 2 aromatic rings. The Morgan fingerprint density at radius 3 is 2.55 bits per heavy atom. The molecule has 1 aromatic heterocycles. The lowest BCUT2D eigenvalue weighted by atomic mass is 10.0. The molecule has 1 fully saturated rings. The first-order valence-electron chi connectivity index (χ1n) is 7.09. The second kappa shape index (κ2) is 5.96. The van der Waals surface area contributed by atoms with Crippen molar-refractivity contribution >= 4 is 5.69 Å². The van der Waals surface area contributed by atoms with Crippen molar-refractivity contribution in [1.29, 1.82) is 0 Å². The molecule has 2 heterocycles. The fourth-order valence-electron chi connectivity index (χ4n) is 2.68. The van der Waals surface area contributed by atoms with Crippen LogP contribution in [0.15, 0.2) is 36.5 Å². The van der Waals surface area contributed by atoms with Gasteiger partial charge in [-0.2, -0.15) is 0 Å². The average molecular weight is 307 g/mol. The molecule has 0 radical (unpaired) electrons. The zero-order chi connectivity index (χ0) is 15.7. The smallest absolute Gasteiger partial charge is 0.159 e. The normalized spacial score (nSPS) is 21.9. The van der Waals surface area contributed by atoms with E-state index >= 15 is 0 Å². The van der Waals surface area contributed by atoms with Crippen LogP contribution in [0.4, 0.5) is 18.9 Å². The molecule has 3 rings (SSSR count). The Labute approximate surface area is 126 Å². The van der Waals surface area contributed by atoms with Crippen molar-refractivity contribution < 1.29 is 13.2 Å². The number of hydrogen-bond acceptors (Lipinski definition) is 3. The number of alkyl halides is 1. The summed E-state index contributed by atoms with van der Waals surface area (Å²) in [6, 6.07) is 6.93. The lowest BCUT2D eigenvalue weighted by molar-refractivity contribution is 0.269. The molecule has 0 unspecified atom stereocenters. The Bertz CT molecular complexity index is 650. The maximum absolute atomic E-state index is 13.6. The highest BCUT2D eigenvalue weighted by Crippen LogP contribution is 2.24. The summed E-state index contributed by atoms with van der Waals surface area (Å²) in [7, 11) is 0. The van der Waals surface area contributed by atoms with E-state index in [1.807, 2.05) is 4.90 Å². The molecule has 0 saturated carbocycles. The molecule has 116 valence electrons. The summed E-state index contributed by atoms with van der Waals surface area (Å²) >= 11 is 0. The van der Waals surface area contributed by atoms with E-state index in [9.17, 15) is 13.2 Å². The summed E-state index contributed by atoms with van der Waals surface area (Å²) in [4.78, 5) is 6.10. The molecule has 1 aromatic carbocycles. The average Bonchev–Trinajstić information content (AvgIpc) is 2.49. The van der Waals surface area contributed by atoms with Gasteiger partial charge in [-0.25, -0.2) is 13.2 Å². The first kappa shape index (κ1) is 14.8. The third kappa shape index (κ3) is 3.06. The summed E-state index contributed by atoms with van der Waals surface area (Å²) in [5.41, 5.74) is 7.61. The number of hydrogen-bond donors (Lipinski definition) is 1. The number of piperidine rings is 1. The Balaban J connectivity index is 1.81. The minimum Gasteiger partial charge on any atom is -0.366 e. The number of rotatable bonds is 2. The number of aromatic nitrogens is 1. The third-order valence-corrected chi connectivity index (χ3v) is 3.76. The van der Waals surface area contributed by atoms with Gasteiger partial charge in [-0.15, -0.1) is 0 Å². The fraction of sp³-hybridized carbons (Fsp3) is 0.312. The van der Waals surface area contributed by atoms with Gasteiger partial charge in [0.1, 0.15) is 6.17 Å². The lowest BCUT2D eigenvalue weighted by Gasteiger charge is -2.34. The minimum atomic E-state index is -0.949. The summed E-state index contributed by atoms with van der Waals surface area (Å²) < 4.78 is 39.8. The molecule has 2 atom stereocenters. The zero-order valence-corrected chi connectivity index (χ0v) is 11.8. The van der Waals surface area contributed by atoms with E-state index in [-0.39, 0.29) is 6.04 Å². The molecular formula is C16H16F3N3. The summed E-state index contributed by atoms with van der Waals surface area (Å²) in [6.07, 6.45) is 1.02. The number of pyridine rings is 1. The van der Waals surface area contributed by atoms with Crippen LogP contribution in [0, 0.1) is 11.6 Å². The Hall–Kier alpha value is -2.08. The van der Waals surface area contributed by atoms with Gasteiger partial charge in [0.05, 0.1) is 17.6 Å². The van der Waals surface area contributed by atoms with Gasteiger partial charge < -0.3 is 10.6 Å². The van der Waals surface area contributed by atoms with Crippen molar-refractivity contribution in [2.24, 2.45) is 5.73 Å². The van der Waals surface area contributed by atoms with Crippen molar-refractivity contribution in [2.45, 2.75) is 18.6 Å². The van der Waals surface area contributed by atoms with Crippen LogP contribution in [0.5, 0.6) is 0 Å². The standard InChI is InChI=1S/C16H16F3N3/c17-11-6-12(20)9-22(8-11)13-2-4-16(21-7-13)10-1-3-14(18)15(19)5-10/h1-5,7,11-12H,6,8-9,20H2/t11-,12+/m0/s1. The van der Waals surface area contributed by atoms with Gasteiger partial charge in [0.25, 0.3) is 0 Å². The number of nitrogens with zero attached hydrogens (tertiary/aromatic N) is 2. The Morgan fingerprint density at radius 1 is 1.09 bits per heavy atom. The molecule has 0 amide bonds. The predicted molar refractivity (Wildman–Crippen MR) is 79.3 cm³/mol. The quantitative estimate of drug-likeness (QED) is 0.927. The largest absolute Gasteiger partial charge is 0.366 e. The first-order valence-corrected chi connectivity index (χ1v) is 7.09. The molecule has 22 heavy (non-hydrogen) atoms. The van der Waals surface area contributed by atoms with Gasteiger partial charge >= 0.3 is 0 Å². The monoisotopic (exact) mass is 307 g/mol. The number of halogens is 3. The second-order valence-electron chi connectivity index (χ2n) is 5.53. The van der Waals surface area contributed by atoms with Crippen LogP contribution >= 0.6 is 0 Å². The van der Waals surface area contributed by atoms with E-state index in [0.29, 0.717) is 30.8 Å². The van der Waals surface area contributed by atoms with E-state index < -0.39 is 17.8 Å². The molecular weight excluding hydrogens is 291 g/mol. The Morgan fingerprint density at radius 2 is 1.91 bits per heavy atom. The maximum atomic E-state index is 13.6. The maximum Gasteiger partial charge on any atom is 0.159 e. The molecule has 1 saturated heterocycles. The summed E-state index contributed by atoms with van der Waals surface area (Å²) in [5.74, 6) is -1.80. The van der Waals surface area contributed by atoms with Gasteiger partial charge in [0.15, 0.2) is 11.6 Å². The number of benzene rings is 1. The van der Waals surface area contributed by atoms with Gasteiger partial charge in [-0.05, 0) is 36.8 Å². The van der Waals surface area contributed by atoms with Crippen molar-refractivity contribution in [3.8, 4) is 11.3 Å². The number of nitrogens with two attached hydrogens (primary N) is 1. The van der Waals surface area contributed by atoms with Crippen molar-refractivity contribution in [2.75, 3.05) is 18.0 Å². The minimum absolute atomic E-state index is 0.199. The van der Waals surface area contributed by atoms with Crippen LogP contribution in [-0.2, 0) is 0 Å². The van der Waals surface area contributed by atoms with Crippen LogP contribution in [0.3, 0.4) is 0 Å². The van der Waals surface area contributed by atoms with E-state index in [0.717, 1.165) is 17.8 Å². The molecule has 0 aliphatic carbocycles. The van der Waals surface area contributed by atoms with E-state index in [1.165, 1.54) is 6.07 Å². The molecule has 1 aliphatic heterocycles. The van der Waals surface area contributed by atoms with Crippen LogP contribution < -0.4 is 10.6 Å². The lowest BCUT2D eigenvalue weighted by Crippen LogP contribution is -2.48. The van der Waals surface area contributed by atoms with Gasteiger partial charge in [-0.1, -0.05) is 0 Å². The number of anilines is 1. The zero-order valence-electron chi connectivity index (χ0n) is 11.8. The Kier molecular flexibility index (Phi) is 4.02. The first-order chi connectivity index (χ1) is 10.5. The highest BCUT2D eigenvalue weighted by molar-refractivity contribution is 5.61. The molecule has 2 N–H and O–H groups in total. The fourth-order valence-corrected chi connectivity index (χ4v) is 2.68. The van der Waals surface area contributed by atoms with E-state index in [4.69, 9.17) is 5.73 Å². The summed E-state index contributed by atoms with van der Waals surface area (Å²) in [6.45, 7) is 0.868. The van der Waals surface area contributed by atoms with Gasteiger partial charge in [0.2, 0.25) is 0 Å². The van der Waals surface area contributed by atoms with E-state index in [1.54, 1.807) is 18.3 Å². The molecule has 0 spiro atoms. The van der Waals surface area contributed by atoms with Crippen LogP contribution in [0.25, 0.3) is 11.3 Å². The topological polar surface area (TPSA) is 42.1 Å².